The number of para-hydroxylation sites is 2. The fourth-order valence-corrected chi connectivity index (χ4v) is 2.86. The molecule has 0 aliphatic carbocycles. The highest BCUT2D eigenvalue weighted by Crippen LogP contribution is 2.25. The van der Waals surface area contributed by atoms with Crippen molar-refractivity contribution in [3.8, 4) is 16.9 Å². The van der Waals surface area contributed by atoms with Crippen molar-refractivity contribution in [3.05, 3.63) is 103 Å². The molecule has 0 fully saturated rings. The molecule has 4 aromatic rings. The first-order valence-electron chi connectivity index (χ1n) is 8.48. The third kappa shape index (κ3) is 3.49. The summed E-state index contributed by atoms with van der Waals surface area (Å²) in [7, 11) is 0. The van der Waals surface area contributed by atoms with Gasteiger partial charge in [-0.3, -0.25) is 0 Å². The first-order chi connectivity index (χ1) is 12.8. The van der Waals surface area contributed by atoms with Gasteiger partial charge in [0.25, 0.3) is 0 Å². The highest BCUT2D eigenvalue weighted by molar-refractivity contribution is 5.64. The van der Waals surface area contributed by atoms with Gasteiger partial charge in [-0.25, -0.2) is 9.07 Å². The second-order valence-electron chi connectivity index (χ2n) is 6.01. The molecule has 0 saturated carbocycles. The largest absolute Gasteiger partial charge is 0.381 e. The quantitative estimate of drug-likeness (QED) is 0.533. The van der Waals surface area contributed by atoms with Gasteiger partial charge in [0.1, 0.15) is 5.82 Å². The summed E-state index contributed by atoms with van der Waals surface area (Å²) in [5.74, 6) is -0.250. The predicted molar refractivity (Wildman–Crippen MR) is 103 cm³/mol. The number of rotatable bonds is 5. The number of nitrogens with zero attached hydrogens (tertiary/aromatic N) is 2. The van der Waals surface area contributed by atoms with Crippen LogP contribution in [0.1, 0.15) is 5.56 Å². The standard InChI is InChI=1S/C22H18FN3/c23-19-13-11-17(12-14-19)22-18(15-24-20-7-3-1-4-8-20)16-26(25-22)21-9-5-2-6-10-21/h1-14,16,24H,15H2. The van der Waals surface area contributed by atoms with E-state index in [9.17, 15) is 4.39 Å². The van der Waals surface area contributed by atoms with Gasteiger partial charge >= 0.3 is 0 Å². The van der Waals surface area contributed by atoms with Crippen LogP contribution in [0, 0.1) is 5.82 Å². The van der Waals surface area contributed by atoms with Crippen molar-refractivity contribution in [2.24, 2.45) is 0 Å². The van der Waals surface area contributed by atoms with Crippen LogP contribution in [0.5, 0.6) is 0 Å². The van der Waals surface area contributed by atoms with Crippen LogP contribution >= 0.6 is 0 Å². The summed E-state index contributed by atoms with van der Waals surface area (Å²) in [6.45, 7) is 0.629. The summed E-state index contributed by atoms with van der Waals surface area (Å²) in [5.41, 5.74) is 4.82. The lowest BCUT2D eigenvalue weighted by Gasteiger charge is -2.06. The highest BCUT2D eigenvalue weighted by Gasteiger charge is 2.12. The van der Waals surface area contributed by atoms with Crippen molar-refractivity contribution < 1.29 is 4.39 Å². The highest BCUT2D eigenvalue weighted by atomic mass is 19.1. The molecule has 0 saturated heterocycles. The van der Waals surface area contributed by atoms with Gasteiger partial charge in [0, 0.05) is 29.6 Å². The first kappa shape index (κ1) is 16.1. The maximum absolute atomic E-state index is 13.3. The zero-order chi connectivity index (χ0) is 17.8. The predicted octanol–water partition coefficient (Wildman–Crippen LogP) is 5.29. The van der Waals surface area contributed by atoms with Crippen molar-refractivity contribution in [2.45, 2.75) is 6.54 Å². The Hall–Kier alpha value is -3.40. The molecule has 0 radical (unpaired) electrons. The number of halogens is 1. The smallest absolute Gasteiger partial charge is 0.123 e. The molecule has 3 aromatic carbocycles. The van der Waals surface area contributed by atoms with Crippen LogP contribution in [0.3, 0.4) is 0 Å². The van der Waals surface area contributed by atoms with Gasteiger partial charge in [0.15, 0.2) is 0 Å². The molecule has 0 aliphatic rings. The number of hydrogen-bond acceptors (Lipinski definition) is 2. The molecule has 1 aromatic heterocycles. The van der Waals surface area contributed by atoms with Gasteiger partial charge in [-0.2, -0.15) is 5.10 Å². The molecular formula is C22H18FN3. The van der Waals surface area contributed by atoms with E-state index in [1.54, 1.807) is 12.1 Å². The molecule has 4 heteroatoms. The lowest BCUT2D eigenvalue weighted by Crippen LogP contribution is -1.99. The van der Waals surface area contributed by atoms with Crippen LogP contribution in [0.25, 0.3) is 16.9 Å². The fourth-order valence-electron chi connectivity index (χ4n) is 2.86. The summed E-state index contributed by atoms with van der Waals surface area (Å²) in [5, 5.41) is 8.17. The molecule has 0 unspecified atom stereocenters. The summed E-state index contributed by atoms with van der Waals surface area (Å²) in [6, 6.07) is 26.5. The van der Waals surface area contributed by atoms with Gasteiger partial charge < -0.3 is 5.32 Å². The molecule has 0 amide bonds. The second kappa shape index (κ2) is 7.23. The summed E-state index contributed by atoms with van der Waals surface area (Å²) in [6.07, 6.45) is 2.02. The van der Waals surface area contributed by atoms with Crippen LogP contribution in [0.4, 0.5) is 10.1 Å². The van der Waals surface area contributed by atoms with Gasteiger partial charge in [0.05, 0.1) is 11.4 Å². The van der Waals surface area contributed by atoms with Crippen LogP contribution in [0.15, 0.2) is 91.1 Å². The Balaban J connectivity index is 1.70. The lowest BCUT2D eigenvalue weighted by molar-refractivity contribution is 0.628. The molecular weight excluding hydrogens is 325 g/mol. The third-order valence-electron chi connectivity index (χ3n) is 4.19. The average molecular weight is 343 g/mol. The van der Waals surface area contributed by atoms with Gasteiger partial charge in [-0.1, -0.05) is 36.4 Å². The Labute approximate surface area is 151 Å². The Morgan fingerprint density at radius 1 is 0.808 bits per heavy atom. The monoisotopic (exact) mass is 343 g/mol. The van der Waals surface area contributed by atoms with E-state index in [-0.39, 0.29) is 5.82 Å². The van der Waals surface area contributed by atoms with Crippen molar-refractivity contribution in [3.63, 3.8) is 0 Å². The minimum absolute atomic E-state index is 0.250. The van der Waals surface area contributed by atoms with E-state index in [0.717, 1.165) is 28.2 Å². The van der Waals surface area contributed by atoms with Crippen LogP contribution < -0.4 is 5.32 Å². The molecule has 0 aliphatic heterocycles. The van der Waals surface area contributed by atoms with E-state index in [2.05, 4.69) is 5.32 Å². The average Bonchev–Trinajstić information content (AvgIpc) is 3.13. The van der Waals surface area contributed by atoms with Gasteiger partial charge in [-0.05, 0) is 48.5 Å². The minimum Gasteiger partial charge on any atom is -0.381 e. The fraction of sp³-hybridized carbons (Fsp3) is 0.0455. The molecule has 3 nitrogen and oxygen atoms in total. The van der Waals surface area contributed by atoms with E-state index in [0.29, 0.717) is 6.54 Å². The van der Waals surface area contributed by atoms with Crippen molar-refractivity contribution in [1.82, 2.24) is 9.78 Å². The van der Waals surface area contributed by atoms with Crippen molar-refractivity contribution >= 4 is 5.69 Å². The van der Waals surface area contributed by atoms with Crippen LogP contribution in [-0.4, -0.2) is 9.78 Å². The van der Waals surface area contributed by atoms with E-state index in [4.69, 9.17) is 5.10 Å². The molecule has 0 spiro atoms. The topological polar surface area (TPSA) is 29.9 Å². The Bertz CT molecular complexity index is 977. The number of aromatic nitrogens is 2. The lowest BCUT2D eigenvalue weighted by atomic mass is 10.1. The van der Waals surface area contributed by atoms with Crippen LogP contribution in [-0.2, 0) is 6.54 Å². The number of hydrogen-bond donors (Lipinski definition) is 1. The Morgan fingerprint density at radius 2 is 1.46 bits per heavy atom. The van der Waals surface area contributed by atoms with Gasteiger partial charge in [-0.15, -0.1) is 0 Å². The SMILES string of the molecule is Fc1ccc(-c2nn(-c3ccccc3)cc2CNc2ccccc2)cc1. The molecule has 1 heterocycles. The maximum Gasteiger partial charge on any atom is 0.123 e. The third-order valence-corrected chi connectivity index (χ3v) is 4.19. The molecule has 0 bridgehead atoms. The van der Waals surface area contributed by atoms with E-state index < -0.39 is 0 Å². The van der Waals surface area contributed by atoms with Gasteiger partial charge in [0.2, 0.25) is 0 Å². The van der Waals surface area contributed by atoms with E-state index in [1.807, 2.05) is 71.5 Å². The molecule has 1 N–H and O–H groups in total. The van der Waals surface area contributed by atoms with Crippen LogP contribution in [0.2, 0.25) is 0 Å². The summed E-state index contributed by atoms with van der Waals surface area (Å²) < 4.78 is 15.2. The number of benzene rings is 3. The van der Waals surface area contributed by atoms with Crippen molar-refractivity contribution in [2.75, 3.05) is 5.32 Å². The summed E-state index contributed by atoms with van der Waals surface area (Å²) in [4.78, 5) is 0. The Kier molecular flexibility index (Phi) is 4.48. The van der Waals surface area contributed by atoms with E-state index >= 15 is 0 Å². The zero-order valence-electron chi connectivity index (χ0n) is 14.1. The second-order valence-corrected chi connectivity index (χ2v) is 6.01. The molecule has 26 heavy (non-hydrogen) atoms. The number of anilines is 1. The molecule has 128 valence electrons. The zero-order valence-corrected chi connectivity index (χ0v) is 14.1. The maximum atomic E-state index is 13.3. The number of nitrogens with one attached hydrogen (secondary N) is 1. The Morgan fingerprint density at radius 3 is 2.15 bits per heavy atom. The molecule has 4 rings (SSSR count). The van der Waals surface area contributed by atoms with Crippen molar-refractivity contribution in [1.29, 1.82) is 0 Å². The normalized spacial score (nSPS) is 10.7. The summed E-state index contributed by atoms with van der Waals surface area (Å²) >= 11 is 0. The minimum atomic E-state index is -0.250. The first-order valence-corrected chi connectivity index (χ1v) is 8.48. The van der Waals surface area contributed by atoms with E-state index in [1.165, 1.54) is 12.1 Å². The molecule has 0 atom stereocenters.